The lowest BCUT2D eigenvalue weighted by atomic mass is 10.1. The Morgan fingerprint density at radius 1 is 1.38 bits per heavy atom. The zero-order chi connectivity index (χ0) is 11.5. The van der Waals surface area contributed by atoms with Crippen LogP contribution in [-0.2, 0) is 14.3 Å². The largest absolute Gasteiger partial charge is 0.464 e. The molecule has 3 nitrogen and oxygen atoms in total. The summed E-state index contributed by atoms with van der Waals surface area (Å²) in [7, 11) is 0. The van der Waals surface area contributed by atoms with Gasteiger partial charge in [0.1, 0.15) is 6.10 Å². The molecule has 1 fully saturated rings. The number of ether oxygens (including phenoxy) is 2. The molecule has 0 amide bonds. The van der Waals surface area contributed by atoms with Crippen molar-refractivity contribution in [3.63, 3.8) is 0 Å². The number of hydrogen-bond acceptors (Lipinski definition) is 3. The molecule has 0 radical (unpaired) electrons. The number of esters is 1. The monoisotopic (exact) mass is 220 g/mol. The van der Waals surface area contributed by atoms with Gasteiger partial charge < -0.3 is 9.47 Å². The predicted octanol–water partition coefficient (Wildman–Crippen LogP) is 2.39. The number of hydrogen-bond donors (Lipinski definition) is 0. The Balaban J connectivity index is 1.91. The van der Waals surface area contributed by atoms with Gasteiger partial charge in [0.2, 0.25) is 0 Å². The number of aryl methyl sites for hydroxylation is 1. The van der Waals surface area contributed by atoms with Gasteiger partial charge in [-0.2, -0.15) is 0 Å². The molecule has 3 heteroatoms. The van der Waals surface area contributed by atoms with Crippen molar-refractivity contribution in [3.05, 3.63) is 35.4 Å². The van der Waals surface area contributed by atoms with E-state index in [9.17, 15) is 4.79 Å². The number of rotatable bonds is 4. The molecule has 16 heavy (non-hydrogen) atoms. The first kappa shape index (κ1) is 11.1. The van der Waals surface area contributed by atoms with Crippen LogP contribution in [0.5, 0.6) is 0 Å². The second-order valence-electron chi connectivity index (χ2n) is 4.06. The molecule has 0 aliphatic carbocycles. The van der Waals surface area contributed by atoms with Crippen LogP contribution >= 0.6 is 0 Å². The molecule has 1 aromatic carbocycles. The lowest BCUT2D eigenvalue weighted by molar-refractivity contribution is -0.145. The third kappa shape index (κ3) is 2.42. The quantitative estimate of drug-likeness (QED) is 0.577. The molecule has 0 saturated carbocycles. The highest BCUT2D eigenvalue weighted by Gasteiger charge is 2.47. The van der Waals surface area contributed by atoms with Gasteiger partial charge in [-0.05, 0) is 18.9 Å². The summed E-state index contributed by atoms with van der Waals surface area (Å²) in [5.74, 6) is -0.243. The minimum absolute atomic E-state index is 0.107. The van der Waals surface area contributed by atoms with Crippen LogP contribution in [0.25, 0.3) is 0 Å². The lowest BCUT2D eigenvalue weighted by Crippen LogP contribution is -2.12. The predicted molar refractivity (Wildman–Crippen MR) is 60.0 cm³/mol. The van der Waals surface area contributed by atoms with Gasteiger partial charge >= 0.3 is 5.97 Å². The fraction of sp³-hybridized carbons (Fsp3) is 0.462. The van der Waals surface area contributed by atoms with Gasteiger partial charge in [0.15, 0.2) is 6.10 Å². The van der Waals surface area contributed by atoms with Crippen LogP contribution in [0.2, 0.25) is 0 Å². The second kappa shape index (κ2) is 4.66. The molecular weight excluding hydrogens is 204 g/mol. The van der Waals surface area contributed by atoms with Crippen LogP contribution in [0.1, 0.15) is 30.6 Å². The number of epoxide rings is 1. The summed E-state index contributed by atoms with van der Waals surface area (Å²) in [5, 5.41) is 0. The van der Waals surface area contributed by atoms with Gasteiger partial charge in [0.25, 0.3) is 0 Å². The molecule has 0 aromatic heterocycles. The van der Waals surface area contributed by atoms with Crippen LogP contribution in [0.3, 0.4) is 0 Å². The van der Waals surface area contributed by atoms with E-state index in [1.54, 1.807) is 0 Å². The van der Waals surface area contributed by atoms with Crippen molar-refractivity contribution in [1.82, 2.24) is 0 Å². The third-order valence-electron chi connectivity index (χ3n) is 2.58. The number of carbonyl (C=O) groups excluding carboxylic acids is 1. The van der Waals surface area contributed by atoms with Crippen molar-refractivity contribution in [1.29, 1.82) is 0 Å². The van der Waals surface area contributed by atoms with Gasteiger partial charge in [0.05, 0.1) is 6.61 Å². The Kier molecular flexibility index (Phi) is 3.25. The highest BCUT2D eigenvalue weighted by Crippen LogP contribution is 2.39. The van der Waals surface area contributed by atoms with Crippen molar-refractivity contribution in [3.8, 4) is 0 Å². The first-order valence-electron chi connectivity index (χ1n) is 5.61. The van der Waals surface area contributed by atoms with Crippen molar-refractivity contribution in [2.75, 3.05) is 6.61 Å². The first-order chi connectivity index (χ1) is 7.72. The molecule has 1 aliphatic heterocycles. The Hall–Kier alpha value is -1.35. The fourth-order valence-electron chi connectivity index (χ4n) is 1.59. The minimum atomic E-state index is -0.394. The molecule has 0 spiro atoms. The van der Waals surface area contributed by atoms with Crippen molar-refractivity contribution in [2.24, 2.45) is 0 Å². The Morgan fingerprint density at radius 3 is 2.69 bits per heavy atom. The fourth-order valence-corrected chi connectivity index (χ4v) is 1.59. The molecule has 2 rings (SSSR count). The van der Waals surface area contributed by atoms with E-state index < -0.39 is 6.10 Å². The van der Waals surface area contributed by atoms with E-state index in [0.29, 0.717) is 6.61 Å². The molecule has 2 atom stereocenters. The SMILES string of the molecule is CCCOC(=O)C1OC1c1ccc(C)cc1. The Bertz CT molecular complexity index is 369. The molecule has 2 unspecified atom stereocenters. The van der Waals surface area contributed by atoms with E-state index in [-0.39, 0.29) is 12.1 Å². The molecule has 86 valence electrons. The second-order valence-corrected chi connectivity index (χ2v) is 4.06. The maximum absolute atomic E-state index is 11.5. The standard InChI is InChI=1S/C13H16O3/c1-3-8-15-13(14)12-11(16-12)10-6-4-9(2)5-7-10/h4-7,11-12H,3,8H2,1-2H3. The normalized spacial score (nSPS) is 22.9. The molecule has 1 saturated heterocycles. The molecule has 0 bridgehead atoms. The highest BCUT2D eigenvalue weighted by atomic mass is 16.6. The molecular formula is C13H16O3. The first-order valence-corrected chi connectivity index (χ1v) is 5.61. The summed E-state index contributed by atoms with van der Waals surface area (Å²) in [6, 6.07) is 8.02. The summed E-state index contributed by atoms with van der Waals surface area (Å²) in [4.78, 5) is 11.5. The zero-order valence-electron chi connectivity index (χ0n) is 9.60. The van der Waals surface area contributed by atoms with E-state index in [4.69, 9.17) is 9.47 Å². The Labute approximate surface area is 95.4 Å². The summed E-state index contributed by atoms with van der Waals surface area (Å²) < 4.78 is 10.4. The van der Waals surface area contributed by atoms with Crippen molar-refractivity contribution < 1.29 is 14.3 Å². The van der Waals surface area contributed by atoms with Crippen LogP contribution in [-0.4, -0.2) is 18.7 Å². The lowest BCUT2D eigenvalue weighted by Gasteiger charge is -1.99. The topological polar surface area (TPSA) is 38.8 Å². The molecule has 1 heterocycles. The summed E-state index contributed by atoms with van der Waals surface area (Å²) >= 11 is 0. The van der Waals surface area contributed by atoms with E-state index in [2.05, 4.69) is 0 Å². The summed E-state index contributed by atoms with van der Waals surface area (Å²) in [6.07, 6.45) is 0.340. The number of benzene rings is 1. The van der Waals surface area contributed by atoms with Crippen LogP contribution < -0.4 is 0 Å². The van der Waals surface area contributed by atoms with Crippen molar-refractivity contribution in [2.45, 2.75) is 32.5 Å². The van der Waals surface area contributed by atoms with Crippen LogP contribution in [0.15, 0.2) is 24.3 Å². The van der Waals surface area contributed by atoms with Crippen molar-refractivity contribution >= 4 is 5.97 Å². The van der Waals surface area contributed by atoms with Gasteiger partial charge in [-0.3, -0.25) is 0 Å². The summed E-state index contributed by atoms with van der Waals surface area (Å²) in [5.41, 5.74) is 2.25. The van der Waals surface area contributed by atoms with Gasteiger partial charge in [-0.1, -0.05) is 36.8 Å². The average Bonchev–Trinajstić information content (AvgIpc) is 3.07. The van der Waals surface area contributed by atoms with Crippen LogP contribution in [0.4, 0.5) is 0 Å². The van der Waals surface area contributed by atoms with E-state index >= 15 is 0 Å². The molecule has 1 aliphatic rings. The highest BCUT2D eigenvalue weighted by molar-refractivity contribution is 5.78. The smallest absolute Gasteiger partial charge is 0.338 e. The maximum Gasteiger partial charge on any atom is 0.338 e. The number of carbonyl (C=O) groups is 1. The maximum atomic E-state index is 11.5. The van der Waals surface area contributed by atoms with Crippen LogP contribution in [0, 0.1) is 6.92 Å². The Morgan fingerprint density at radius 2 is 2.06 bits per heavy atom. The summed E-state index contributed by atoms with van der Waals surface area (Å²) in [6.45, 7) is 4.47. The molecule has 0 N–H and O–H groups in total. The van der Waals surface area contributed by atoms with E-state index in [1.165, 1.54) is 5.56 Å². The van der Waals surface area contributed by atoms with Gasteiger partial charge in [-0.25, -0.2) is 4.79 Å². The van der Waals surface area contributed by atoms with Gasteiger partial charge in [-0.15, -0.1) is 0 Å². The average molecular weight is 220 g/mol. The minimum Gasteiger partial charge on any atom is -0.464 e. The molecule has 1 aromatic rings. The third-order valence-corrected chi connectivity index (χ3v) is 2.58. The van der Waals surface area contributed by atoms with Gasteiger partial charge in [0, 0.05) is 0 Å². The van der Waals surface area contributed by atoms with E-state index in [0.717, 1.165) is 12.0 Å². The van der Waals surface area contributed by atoms with E-state index in [1.807, 2.05) is 38.1 Å². The zero-order valence-corrected chi connectivity index (χ0v) is 9.60.